The van der Waals surface area contributed by atoms with E-state index >= 15 is 0 Å². The van der Waals surface area contributed by atoms with Crippen LogP contribution in [0.5, 0.6) is 0 Å². The van der Waals surface area contributed by atoms with Gasteiger partial charge >= 0.3 is 0 Å². The Morgan fingerprint density at radius 3 is 1.88 bits per heavy atom. The van der Waals surface area contributed by atoms with Crippen LogP contribution in [0.1, 0.15) is 74.0 Å². The molecule has 0 aliphatic heterocycles. The predicted octanol–water partition coefficient (Wildman–Crippen LogP) is 4.06. The first-order valence-corrected chi connectivity index (χ1v) is 5.94. The second-order valence-corrected chi connectivity index (χ2v) is 6.78. The third-order valence-corrected chi connectivity index (χ3v) is 2.69. The average molecular weight is 224 g/mol. The minimum absolute atomic E-state index is 0.0130. The summed E-state index contributed by atoms with van der Waals surface area (Å²) in [5.41, 5.74) is 2.42. The molecule has 1 aromatic heterocycles. The minimum Gasteiger partial charge on any atom is -0.270 e. The molecule has 0 unspecified atom stereocenters. The van der Waals surface area contributed by atoms with Gasteiger partial charge in [-0.25, -0.2) is 0 Å². The fourth-order valence-electron chi connectivity index (χ4n) is 1.71. The zero-order valence-electron chi connectivity index (χ0n) is 13.0. The minimum atomic E-state index is -0.705. The first-order chi connectivity index (χ1) is 7.33. The molecule has 0 saturated carbocycles. The van der Waals surface area contributed by atoms with Gasteiger partial charge in [-0.3, -0.25) is 4.68 Å². The highest BCUT2D eigenvalue weighted by atomic mass is 15.3. The normalized spacial score (nSPS) is 15.1. The van der Waals surface area contributed by atoms with Gasteiger partial charge < -0.3 is 0 Å². The molecular formula is C14H26N2. The van der Waals surface area contributed by atoms with Crippen LogP contribution >= 0.6 is 0 Å². The highest BCUT2D eigenvalue weighted by Gasteiger charge is 2.28. The summed E-state index contributed by atoms with van der Waals surface area (Å²) in [6.07, 6.45) is 2.04. The predicted molar refractivity (Wildman–Crippen MR) is 70.0 cm³/mol. The molecule has 0 saturated heterocycles. The zero-order valence-corrected chi connectivity index (χ0v) is 12.0. The summed E-state index contributed by atoms with van der Waals surface area (Å²) in [6, 6.07) is -0.705. The number of aromatic nitrogens is 2. The summed E-state index contributed by atoms with van der Waals surface area (Å²) >= 11 is 0. The van der Waals surface area contributed by atoms with Crippen LogP contribution in [-0.4, -0.2) is 9.78 Å². The molecule has 0 spiro atoms. The molecule has 1 rings (SSSR count). The van der Waals surface area contributed by atoms with E-state index in [1.807, 2.05) is 20.0 Å². The Labute approximate surface area is 101 Å². The summed E-state index contributed by atoms with van der Waals surface area (Å²) in [5, 5.41) is 4.65. The fraction of sp³-hybridized carbons (Fsp3) is 0.786. The largest absolute Gasteiger partial charge is 0.270 e. The molecule has 0 N–H and O–H groups in total. The van der Waals surface area contributed by atoms with E-state index in [-0.39, 0.29) is 10.8 Å². The van der Waals surface area contributed by atoms with Gasteiger partial charge in [0.25, 0.3) is 0 Å². The van der Waals surface area contributed by atoms with E-state index in [9.17, 15) is 0 Å². The number of hydrogen-bond acceptors (Lipinski definition) is 1. The highest BCUT2D eigenvalue weighted by molar-refractivity contribution is 5.30. The maximum Gasteiger partial charge on any atom is 0.0715 e. The van der Waals surface area contributed by atoms with Gasteiger partial charge in [-0.15, -0.1) is 0 Å². The topological polar surface area (TPSA) is 17.8 Å². The molecule has 1 aromatic rings. The maximum absolute atomic E-state index is 8.09. The Hall–Kier alpha value is -0.790. The van der Waals surface area contributed by atoms with E-state index in [4.69, 9.17) is 1.37 Å². The van der Waals surface area contributed by atoms with Crippen LogP contribution in [0.2, 0.25) is 0 Å². The van der Waals surface area contributed by atoms with Gasteiger partial charge in [0.2, 0.25) is 0 Å². The molecule has 16 heavy (non-hydrogen) atoms. The lowest BCUT2D eigenvalue weighted by Crippen LogP contribution is -2.21. The van der Waals surface area contributed by atoms with E-state index in [2.05, 4.69) is 46.6 Å². The third-order valence-electron chi connectivity index (χ3n) is 2.69. The number of nitrogens with zero attached hydrogens (tertiary/aromatic N) is 2. The standard InChI is InChI=1S/C14H26N2/c1-10(2)16-9-11(13(3,4)5)12(15-16)14(6,7)8/h9-10H,1-8H3/i10T. The summed E-state index contributed by atoms with van der Waals surface area (Å²) < 4.78 is 9.86. The van der Waals surface area contributed by atoms with E-state index in [0.29, 0.717) is 0 Å². The van der Waals surface area contributed by atoms with Crippen LogP contribution in [0, 0.1) is 0 Å². The van der Waals surface area contributed by atoms with Gasteiger partial charge in [0, 0.05) is 17.6 Å². The molecule has 0 amide bonds. The summed E-state index contributed by atoms with van der Waals surface area (Å²) in [4.78, 5) is 0. The second-order valence-electron chi connectivity index (χ2n) is 6.78. The van der Waals surface area contributed by atoms with Crippen molar-refractivity contribution in [3.8, 4) is 0 Å². The van der Waals surface area contributed by atoms with Gasteiger partial charge in [0.15, 0.2) is 0 Å². The zero-order chi connectivity index (χ0) is 13.6. The van der Waals surface area contributed by atoms with Gasteiger partial charge in [-0.05, 0) is 24.8 Å². The van der Waals surface area contributed by atoms with Crippen LogP contribution in [0.3, 0.4) is 0 Å². The van der Waals surface area contributed by atoms with Crippen molar-refractivity contribution in [3.63, 3.8) is 0 Å². The van der Waals surface area contributed by atoms with Crippen molar-refractivity contribution >= 4 is 0 Å². The smallest absolute Gasteiger partial charge is 0.0715 e. The monoisotopic (exact) mass is 224 g/mol. The Morgan fingerprint density at radius 1 is 1.12 bits per heavy atom. The Morgan fingerprint density at radius 2 is 1.62 bits per heavy atom. The van der Waals surface area contributed by atoms with E-state index in [1.165, 1.54) is 5.56 Å². The molecule has 0 bridgehead atoms. The van der Waals surface area contributed by atoms with Crippen molar-refractivity contribution in [3.05, 3.63) is 17.5 Å². The Bertz CT molecular complexity index is 366. The molecule has 92 valence electrons. The van der Waals surface area contributed by atoms with Crippen LogP contribution < -0.4 is 0 Å². The quantitative estimate of drug-likeness (QED) is 0.703. The molecule has 0 aliphatic carbocycles. The van der Waals surface area contributed by atoms with Crippen molar-refractivity contribution in [2.24, 2.45) is 0 Å². The van der Waals surface area contributed by atoms with Crippen molar-refractivity contribution in [1.82, 2.24) is 9.78 Å². The Kier molecular flexibility index (Phi) is 2.85. The first kappa shape index (κ1) is 11.7. The molecule has 0 atom stereocenters. The third kappa shape index (κ3) is 2.66. The summed E-state index contributed by atoms with van der Waals surface area (Å²) in [6.45, 7) is 16.8. The molecule has 2 nitrogen and oxygen atoms in total. The van der Waals surface area contributed by atoms with Crippen LogP contribution in [0.4, 0.5) is 0 Å². The lowest BCUT2D eigenvalue weighted by atomic mass is 9.80. The first-order valence-electron chi connectivity index (χ1n) is 6.44. The van der Waals surface area contributed by atoms with Crippen molar-refractivity contribution in [2.75, 3.05) is 0 Å². The average Bonchev–Trinajstić information content (AvgIpc) is 2.42. The molecule has 0 fully saturated rings. The van der Waals surface area contributed by atoms with E-state index < -0.39 is 6.02 Å². The summed E-state index contributed by atoms with van der Waals surface area (Å²) in [5.74, 6) is 0. The number of rotatable bonds is 1. The summed E-state index contributed by atoms with van der Waals surface area (Å²) in [7, 11) is 0. The van der Waals surface area contributed by atoms with Gasteiger partial charge in [0.1, 0.15) is 0 Å². The molecule has 0 radical (unpaired) electrons. The van der Waals surface area contributed by atoms with Gasteiger partial charge in [0.05, 0.1) is 7.06 Å². The van der Waals surface area contributed by atoms with Gasteiger partial charge in [-0.2, -0.15) is 5.10 Å². The SMILES string of the molecule is [3H]C(C)(C)n1cc(C(C)(C)C)c(C(C)(C)C)n1. The van der Waals surface area contributed by atoms with Crippen molar-refractivity contribution in [1.29, 1.82) is 0 Å². The van der Waals surface area contributed by atoms with E-state index in [1.54, 1.807) is 4.68 Å². The molecule has 0 aromatic carbocycles. The molecule has 0 aliphatic rings. The van der Waals surface area contributed by atoms with Crippen LogP contribution in [0.15, 0.2) is 6.20 Å². The Balaban J connectivity index is 3.44. The van der Waals surface area contributed by atoms with Crippen LogP contribution in [-0.2, 0) is 10.8 Å². The molecular weight excluding hydrogens is 196 g/mol. The molecule has 2 heteroatoms. The van der Waals surface area contributed by atoms with Crippen molar-refractivity contribution in [2.45, 2.75) is 72.2 Å². The van der Waals surface area contributed by atoms with E-state index in [0.717, 1.165) is 5.69 Å². The fourth-order valence-corrected chi connectivity index (χ4v) is 1.71. The second kappa shape index (κ2) is 3.90. The van der Waals surface area contributed by atoms with Crippen molar-refractivity contribution < 1.29 is 1.37 Å². The van der Waals surface area contributed by atoms with Gasteiger partial charge in [-0.1, -0.05) is 41.5 Å². The lowest BCUT2D eigenvalue weighted by Gasteiger charge is -2.24. The molecule has 1 heterocycles. The highest BCUT2D eigenvalue weighted by Crippen LogP contribution is 2.33. The number of hydrogen-bond donors (Lipinski definition) is 0. The lowest BCUT2D eigenvalue weighted by molar-refractivity contribution is 0.490. The maximum atomic E-state index is 8.09. The van der Waals surface area contributed by atoms with Crippen LogP contribution in [0.25, 0.3) is 0 Å².